The zero-order valence-corrected chi connectivity index (χ0v) is 25.8. The second kappa shape index (κ2) is 19.4. The minimum atomic E-state index is -0.614. The number of aliphatic hydroxyl groups excluding tert-OH is 1. The number of aliphatic hydroxyl groups is 1. The summed E-state index contributed by atoms with van der Waals surface area (Å²) in [6.07, 6.45) is 6.31. The number of ether oxygens (including phenoxy) is 4. The lowest BCUT2D eigenvalue weighted by Crippen LogP contribution is -2.30. The molecule has 9 heteroatoms. The smallest absolute Gasteiger partial charge is 0.293 e. The van der Waals surface area contributed by atoms with E-state index in [4.69, 9.17) is 18.9 Å². The second-order valence-corrected chi connectivity index (χ2v) is 11.4. The maximum atomic E-state index is 10.3. The van der Waals surface area contributed by atoms with Gasteiger partial charge in [0.25, 0.3) is 6.47 Å². The van der Waals surface area contributed by atoms with Gasteiger partial charge in [-0.15, -0.1) is 0 Å². The average molecular weight is 566 g/mol. The zero-order chi connectivity index (χ0) is 29.3. The molecule has 1 aliphatic carbocycles. The van der Waals surface area contributed by atoms with Gasteiger partial charge in [-0.25, -0.2) is 0 Å². The first-order valence-electron chi connectivity index (χ1n) is 15.0. The van der Waals surface area contributed by atoms with Crippen molar-refractivity contribution in [1.29, 1.82) is 0 Å². The summed E-state index contributed by atoms with van der Waals surface area (Å²) >= 11 is 0. The molecule has 1 aromatic rings. The van der Waals surface area contributed by atoms with Crippen molar-refractivity contribution in [3.05, 3.63) is 29.3 Å². The normalized spacial score (nSPS) is 20.0. The first-order chi connectivity index (χ1) is 19.3. The van der Waals surface area contributed by atoms with Gasteiger partial charge in [0.1, 0.15) is 18.1 Å². The minimum Gasteiger partial charge on any atom is -0.493 e. The van der Waals surface area contributed by atoms with Crippen LogP contribution in [0.3, 0.4) is 0 Å². The molecule has 4 rings (SSSR count). The third kappa shape index (κ3) is 13.3. The number of carbonyl (C=O) groups is 1. The van der Waals surface area contributed by atoms with E-state index in [1.54, 1.807) is 7.11 Å². The van der Waals surface area contributed by atoms with Crippen LogP contribution in [0.2, 0.25) is 0 Å². The van der Waals surface area contributed by atoms with Crippen molar-refractivity contribution >= 4 is 6.47 Å². The molecule has 230 valence electrons. The molecule has 1 saturated carbocycles. The van der Waals surface area contributed by atoms with Crippen LogP contribution in [0.15, 0.2) is 18.2 Å². The molecule has 0 spiro atoms. The summed E-state index contributed by atoms with van der Waals surface area (Å²) in [5.41, 5.74) is 1.93. The first-order valence-corrected chi connectivity index (χ1v) is 15.0. The van der Waals surface area contributed by atoms with Crippen molar-refractivity contribution in [2.24, 2.45) is 5.92 Å². The van der Waals surface area contributed by atoms with Crippen LogP contribution in [0.4, 0.5) is 0 Å². The fourth-order valence-corrected chi connectivity index (χ4v) is 4.67. The van der Waals surface area contributed by atoms with Crippen LogP contribution in [0.25, 0.3) is 0 Å². The molecule has 2 atom stereocenters. The van der Waals surface area contributed by atoms with Gasteiger partial charge in [-0.2, -0.15) is 0 Å². The largest absolute Gasteiger partial charge is 0.493 e. The summed E-state index contributed by atoms with van der Waals surface area (Å²) in [6.45, 7) is 13.2. The van der Waals surface area contributed by atoms with E-state index >= 15 is 0 Å². The third-order valence-electron chi connectivity index (χ3n) is 7.76. The third-order valence-corrected chi connectivity index (χ3v) is 7.76. The molecule has 0 amide bonds. The molecule has 2 unspecified atom stereocenters. The van der Waals surface area contributed by atoms with Crippen LogP contribution in [0, 0.1) is 12.8 Å². The Morgan fingerprint density at radius 2 is 1.85 bits per heavy atom. The molecular weight excluding hydrogens is 510 g/mol. The highest BCUT2D eigenvalue weighted by atomic mass is 16.5. The van der Waals surface area contributed by atoms with Crippen molar-refractivity contribution in [2.75, 3.05) is 67.3 Å². The number of carbonyl (C=O) groups excluding carboxylic acids is 1. The summed E-state index contributed by atoms with van der Waals surface area (Å²) < 4.78 is 20.5. The van der Waals surface area contributed by atoms with E-state index in [0.717, 1.165) is 61.3 Å². The molecule has 2 aliphatic heterocycles. The number of hydrogen-bond acceptors (Lipinski definition) is 9. The lowest BCUT2D eigenvalue weighted by Gasteiger charge is -2.27. The van der Waals surface area contributed by atoms with E-state index in [-0.39, 0.29) is 12.1 Å². The number of methoxy groups -OCH3 is 1. The summed E-state index contributed by atoms with van der Waals surface area (Å²) in [7, 11) is 5.87. The van der Waals surface area contributed by atoms with E-state index in [1.807, 2.05) is 37.1 Å². The molecule has 3 aliphatic rings. The van der Waals surface area contributed by atoms with Gasteiger partial charge in [0.15, 0.2) is 0 Å². The summed E-state index contributed by atoms with van der Waals surface area (Å²) in [4.78, 5) is 14.3. The minimum absolute atomic E-state index is 0.108. The maximum absolute atomic E-state index is 10.3. The van der Waals surface area contributed by atoms with Gasteiger partial charge in [0, 0.05) is 51.6 Å². The lowest BCUT2D eigenvalue weighted by molar-refractivity contribution is -0.137. The first kappa shape index (κ1) is 34.5. The SMILES string of the molecule is CN(CC1CCNC1)C1CC1.COCCCOc1cc(C(O)N(C)C(C)C)ccc1C.O=COC1CCOCC1. The van der Waals surface area contributed by atoms with Gasteiger partial charge < -0.3 is 34.3 Å². The number of aryl methyl sites for hydroxylation is 1. The van der Waals surface area contributed by atoms with Gasteiger partial charge >= 0.3 is 0 Å². The maximum Gasteiger partial charge on any atom is 0.293 e. The van der Waals surface area contributed by atoms with E-state index in [9.17, 15) is 9.90 Å². The van der Waals surface area contributed by atoms with Crippen molar-refractivity contribution in [1.82, 2.24) is 15.1 Å². The van der Waals surface area contributed by atoms with Crippen molar-refractivity contribution in [3.8, 4) is 5.75 Å². The quantitative estimate of drug-likeness (QED) is 0.211. The van der Waals surface area contributed by atoms with Crippen molar-refractivity contribution in [2.45, 2.75) is 83.7 Å². The van der Waals surface area contributed by atoms with Gasteiger partial charge in [-0.1, -0.05) is 12.1 Å². The molecule has 2 heterocycles. The highest BCUT2D eigenvalue weighted by Crippen LogP contribution is 2.27. The Balaban J connectivity index is 0.000000233. The Labute approximate surface area is 242 Å². The molecule has 40 heavy (non-hydrogen) atoms. The predicted octanol–water partition coefficient (Wildman–Crippen LogP) is 3.77. The standard InChI is InChI=1S/C16H27NO3.C9H18N2.C6H10O3/c1-12(2)17(4)16(18)14-8-7-13(3)15(11-14)20-10-6-9-19-5;1-11(9-2-3-9)7-8-4-5-10-6-8;7-5-9-6-1-3-8-4-2-6/h7-8,11-12,16,18H,6,9-10H2,1-5H3;8-10H,2-7H2,1H3;5-6H,1-4H2. The van der Waals surface area contributed by atoms with Crippen LogP contribution in [-0.2, 0) is 19.0 Å². The number of rotatable bonds is 13. The van der Waals surface area contributed by atoms with E-state index in [0.29, 0.717) is 19.7 Å². The molecule has 2 N–H and O–H groups in total. The van der Waals surface area contributed by atoms with Crippen LogP contribution < -0.4 is 10.1 Å². The predicted molar refractivity (Wildman–Crippen MR) is 159 cm³/mol. The fraction of sp³-hybridized carbons (Fsp3) is 0.774. The Hall–Kier alpha value is -1.75. The van der Waals surface area contributed by atoms with Crippen LogP contribution >= 0.6 is 0 Å². The molecule has 0 bridgehead atoms. The van der Waals surface area contributed by atoms with E-state index in [1.165, 1.54) is 38.9 Å². The lowest BCUT2D eigenvalue weighted by atomic mass is 10.1. The molecule has 2 saturated heterocycles. The monoisotopic (exact) mass is 565 g/mol. The molecular formula is C31H55N3O6. The second-order valence-electron chi connectivity index (χ2n) is 11.4. The highest BCUT2D eigenvalue weighted by molar-refractivity contribution is 5.37. The van der Waals surface area contributed by atoms with Crippen LogP contribution in [0.5, 0.6) is 5.75 Å². The van der Waals surface area contributed by atoms with Gasteiger partial charge in [-0.05, 0) is 90.3 Å². The van der Waals surface area contributed by atoms with E-state index < -0.39 is 6.23 Å². The van der Waals surface area contributed by atoms with Gasteiger partial charge in [0.05, 0.1) is 19.8 Å². The number of hydrogen-bond donors (Lipinski definition) is 2. The van der Waals surface area contributed by atoms with E-state index in [2.05, 4.69) is 31.1 Å². The molecule has 0 radical (unpaired) electrons. The zero-order valence-electron chi connectivity index (χ0n) is 25.8. The Bertz CT molecular complexity index is 810. The number of benzene rings is 1. The molecule has 9 nitrogen and oxygen atoms in total. The summed E-state index contributed by atoms with van der Waals surface area (Å²) in [5, 5.41) is 13.7. The van der Waals surface area contributed by atoms with Gasteiger partial charge in [0.2, 0.25) is 0 Å². The Kier molecular flexibility index (Phi) is 16.7. The Morgan fingerprint density at radius 3 is 2.42 bits per heavy atom. The summed E-state index contributed by atoms with van der Waals surface area (Å²) in [5.74, 6) is 1.76. The highest BCUT2D eigenvalue weighted by Gasteiger charge is 2.28. The fourth-order valence-electron chi connectivity index (χ4n) is 4.67. The van der Waals surface area contributed by atoms with Crippen LogP contribution in [0.1, 0.15) is 69.7 Å². The van der Waals surface area contributed by atoms with Gasteiger partial charge in [-0.3, -0.25) is 9.69 Å². The Morgan fingerprint density at radius 1 is 1.12 bits per heavy atom. The average Bonchev–Trinajstić information content (AvgIpc) is 3.69. The molecule has 3 fully saturated rings. The van der Waals surface area contributed by atoms with Crippen molar-refractivity contribution < 1.29 is 28.8 Å². The summed E-state index contributed by atoms with van der Waals surface area (Å²) in [6, 6.07) is 7.07. The number of nitrogens with zero attached hydrogens (tertiary/aromatic N) is 2. The molecule has 0 aromatic heterocycles. The number of nitrogens with one attached hydrogen (secondary N) is 1. The van der Waals surface area contributed by atoms with Crippen molar-refractivity contribution in [3.63, 3.8) is 0 Å². The van der Waals surface area contributed by atoms with Crippen LogP contribution in [-0.4, -0.2) is 107 Å². The topological polar surface area (TPSA) is 92.7 Å². The molecule has 1 aromatic carbocycles.